The molecule has 0 radical (unpaired) electrons. The Morgan fingerprint density at radius 3 is 1.81 bits per heavy atom. The number of piperazine rings is 1. The Bertz CT molecular complexity index is 886. The smallest absolute Gasteiger partial charge is 0.243 e. The summed E-state index contributed by atoms with van der Waals surface area (Å²) in [4.78, 5) is 35.8. The topological polar surface area (TPSA) is 141 Å². The van der Waals surface area contributed by atoms with Crippen LogP contribution in [0.4, 0.5) is 0 Å². The maximum absolute atomic E-state index is 12.5. The SMILES string of the molecule is CCN(CC)S(=O)(=O)c1ccc(C(=O)CN2CCN(C)CC2)cc1.O=C([O-])C=CC(=O)[O-]. The molecule has 0 aliphatic carbocycles. The Morgan fingerprint density at radius 2 is 1.41 bits per heavy atom. The normalized spacial score (nSPS) is 15.4. The molecule has 1 aromatic rings. The minimum Gasteiger partial charge on any atom is -0.545 e. The van der Waals surface area contributed by atoms with Crippen molar-refractivity contribution in [1.82, 2.24) is 14.1 Å². The van der Waals surface area contributed by atoms with Crippen molar-refractivity contribution in [2.75, 3.05) is 52.9 Å². The fraction of sp³-hybridized carbons (Fsp3) is 0.476. The van der Waals surface area contributed by atoms with Gasteiger partial charge in [-0.1, -0.05) is 26.0 Å². The number of carbonyl (C=O) groups excluding carboxylic acids is 3. The van der Waals surface area contributed by atoms with E-state index in [1.54, 1.807) is 12.1 Å². The molecule has 0 saturated carbocycles. The monoisotopic (exact) mass is 467 g/mol. The molecule has 0 amide bonds. The number of Topliss-reactive ketones (excluding diaryl/α,β-unsaturated/α-hetero) is 1. The van der Waals surface area contributed by atoms with Gasteiger partial charge in [-0.3, -0.25) is 9.69 Å². The third-order valence-electron chi connectivity index (χ3n) is 4.84. The lowest BCUT2D eigenvalue weighted by molar-refractivity contribution is -0.301. The van der Waals surface area contributed by atoms with Crippen molar-refractivity contribution in [2.45, 2.75) is 18.7 Å². The predicted molar refractivity (Wildman–Crippen MR) is 114 cm³/mol. The van der Waals surface area contributed by atoms with Crippen LogP contribution in [-0.2, 0) is 19.6 Å². The minimum atomic E-state index is -3.47. The van der Waals surface area contributed by atoms with E-state index in [-0.39, 0.29) is 10.7 Å². The second-order valence-electron chi connectivity index (χ2n) is 7.09. The van der Waals surface area contributed by atoms with Gasteiger partial charge in [0.15, 0.2) is 5.78 Å². The van der Waals surface area contributed by atoms with Gasteiger partial charge in [-0.25, -0.2) is 8.42 Å². The largest absolute Gasteiger partial charge is 0.545 e. The van der Waals surface area contributed by atoms with Crippen molar-refractivity contribution < 1.29 is 33.0 Å². The van der Waals surface area contributed by atoms with Gasteiger partial charge < -0.3 is 24.7 Å². The van der Waals surface area contributed by atoms with E-state index in [0.29, 0.717) is 37.3 Å². The molecule has 1 aliphatic heterocycles. The number of hydrogen-bond acceptors (Lipinski definition) is 9. The van der Waals surface area contributed by atoms with E-state index >= 15 is 0 Å². The second kappa shape index (κ2) is 13.1. The van der Waals surface area contributed by atoms with E-state index in [4.69, 9.17) is 0 Å². The molecule has 0 N–H and O–H groups in total. The van der Waals surface area contributed by atoms with E-state index in [1.165, 1.54) is 16.4 Å². The summed E-state index contributed by atoms with van der Waals surface area (Å²) in [5.41, 5.74) is 0.562. The first-order valence-corrected chi connectivity index (χ1v) is 11.6. The summed E-state index contributed by atoms with van der Waals surface area (Å²) in [6, 6.07) is 6.30. The number of rotatable bonds is 9. The Balaban J connectivity index is 0.000000547. The zero-order valence-corrected chi connectivity index (χ0v) is 19.3. The van der Waals surface area contributed by atoms with Gasteiger partial charge in [-0.05, 0) is 31.3 Å². The summed E-state index contributed by atoms with van der Waals surface area (Å²) in [5, 5.41) is 18.8. The zero-order chi connectivity index (χ0) is 24.3. The molecule has 32 heavy (non-hydrogen) atoms. The molecule has 0 spiro atoms. The highest BCUT2D eigenvalue weighted by atomic mass is 32.2. The van der Waals surface area contributed by atoms with Crippen molar-refractivity contribution in [2.24, 2.45) is 0 Å². The number of hydrogen-bond donors (Lipinski definition) is 0. The second-order valence-corrected chi connectivity index (χ2v) is 9.03. The van der Waals surface area contributed by atoms with Gasteiger partial charge in [0, 0.05) is 44.8 Å². The van der Waals surface area contributed by atoms with E-state index in [1.807, 2.05) is 13.8 Å². The molecular weight excluding hydrogens is 438 g/mol. The van der Waals surface area contributed by atoms with E-state index in [2.05, 4.69) is 16.8 Å². The number of aliphatic carboxylic acids is 2. The molecule has 10 nitrogen and oxygen atoms in total. The number of nitrogens with zero attached hydrogens (tertiary/aromatic N) is 3. The van der Waals surface area contributed by atoms with E-state index in [9.17, 15) is 33.0 Å². The number of benzene rings is 1. The molecule has 178 valence electrons. The lowest BCUT2D eigenvalue weighted by atomic mass is 10.1. The third-order valence-corrected chi connectivity index (χ3v) is 6.90. The van der Waals surface area contributed by atoms with Crippen LogP contribution >= 0.6 is 0 Å². The predicted octanol–water partition coefficient (Wildman–Crippen LogP) is -1.81. The summed E-state index contributed by atoms with van der Waals surface area (Å²) in [6.07, 6.45) is 0.769. The van der Waals surface area contributed by atoms with Crippen molar-refractivity contribution in [1.29, 1.82) is 0 Å². The van der Waals surface area contributed by atoms with Crippen LogP contribution in [0.25, 0.3) is 0 Å². The Kier molecular flexibility index (Phi) is 11.2. The molecule has 0 aromatic heterocycles. The van der Waals surface area contributed by atoms with Gasteiger partial charge in [0.1, 0.15) is 0 Å². The number of ketones is 1. The first-order valence-electron chi connectivity index (χ1n) is 10.2. The van der Waals surface area contributed by atoms with Gasteiger partial charge in [-0.15, -0.1) is 0 Å². The van der Waals surface area contributed by atoms with Gasteiger partial charge in [0.05, 0.1) is 23.4 Å². The average Bonchev–Trinajstić information content (AvgIpc) is 2.75. The molecular formula is C21H29N3O7S-2. The number of sulfonamides is 1. The maximum Gasteiger partial charge on any atom is 0.243 e. The average molecular weight is 468 g/mol. The van der Waals surface area contributed by atoms with Crippen molar-refractivity contribution in [3.8, 4) is 0 Å². The van der Waals surface area contributed by atoms with Gasteiger partial charge in [-0.2, -0.15) is 4.31 Å². The number of likely N-dealkylation sites (N-methyl/N-ethyl adjacent to an activating group) is 1. The summed E-state index contributed by atoms with van der Waals surface area (Å²) in [7, 11) is -1.39. The van der Waals surface area contributed by atoms with Crippen LogP contribution in [0, 0.1) is 0 Å². The van der Waals surface area contributed by atoms with Crippen LogP contribution < -0.4 is 10.2 Å². The fourth-order valence-electron chi connectivity index (χ4n) is 2.96. The van der Waals surface area contributed by atoms with Crippen LogP contribution in [0.5, 0.6) is 0 Å². The highest BCUT2D eigenvalue weighted by molar-refractivity contribution is 7.89. The van der Waals surface area contributed by atoms with Gasteiger partial charge in [0.2, 0.25) is 10.0 Å². The molecule has 1 saturated heterocycles. The third kappa shape index (κ3) is 8.87. The minimum absolute atomic E-state index is 0.0336. The molecule has 0 bridgehead atoms. The lowest BCUT2D eigenvalue weighted by Gasteiger charge is -2.31. The van der Waals surface area contributed by atoms with E-state index in [0.717, 1.165) is 26.2 Å². The van der Waals surface area contributed by atoms with Crippen molar-refractivity contribution >= 4 is 27.7 Å². The summed E-state index contributed by atoms with van der Waals surface area (Å²) < 4.78 is 26.3. The highest BCUT2D eigenvalue weighted by Crippen LogP contribution is 2.16. The quantitative estimate of drug-likeness (QED) is 0.303. The molecule has 1 heterocycles. The van der Waals surface area contributed by atoms with Crippen LogP contribution in [0.3, 0.4) is 0 Å². The molecule has 2 rings (SSSR count). The molecule has 1 aromatic carbocycles. The fourth-order valence-corrected chi connectivity index (χ4v) is 4.42. The number of carboxylic acids is 2. The number of carboxylic acid groups (broad SMARTS) is 2. The first kappa shape index (κ1) is 27.4. The molecule has 0 atom stereocenters. The van der Waals surface area contributed by atoms with Crippen LogP contribution in [-0.4, -0.2) is 93.1 Å². The summed E-state index contributed by atoms with van der Waals surface area (Å²) >= 11 is 0. The maximum atomic E-state index is 12.5. The lowest BCUT2D eigenvalue weighted by Crippen LogP contribution is -2.46. The Hall–Kier alpha value is -2.60. The Morgan fingerprint density at radius 1 is 0.938 bits per heavy atom. The van der Waals surface area contributed by atoms with Crippen LogP contribution in [0.15, 0.2) is 41.3 Å². The molecule has 1 aliphatic rings. The zero-order valence-electron chi connectivity index (χ0n) is 18.5. The van der Waals surface area contributed by atoms with E-state index < -0.39 is 22.0 Å². The van der Waals surface area contributed by atoms with Crippen molar-refractivity contribution in [3.05, 3.63) is 42.0 Å². The standard InChI is InChI=1S/C17H27N3O3S.C4H4O4/c1-4-20(5-2)24(22,23)16-8-6-15(7-9-16)17(21)14-19-12-10-18(3)11-13-19;5-3(6)1-2-4(7)8/h6-9H,4-5,10-14H2,1-3H3;1-2H,(H,5,6)(H,7,8)/p-2. The number of carbonyl (C=O) groups is 3. The van der Waals surface area contributed by atoms with Gasteiger partial charge in [0.25, 0.3) is 0 Å². The summed E-state index contributed by atoms with van der Waals surface area (Å²) in [5.74, 6) is -3.06. The Labute approximate surface area is 188 Å². The highest BCUT2D eigenvalue weighted by Gasteiger charge is 2.22. The van der Waals surface area contributed by atoms with Crippen LogP contribution in [0.2, 0.25) is 0 Å². The summed E-state index contributed by atoms with van der Waals surface area (Å²) in [6.45, 7) is 8.59. The van der Waals surface area contributed by atoms with Gasteiger partial charge >= 0.3 is 0 Å². The molecule has 1 fully saturated rings. The first-order chi connectivity index (χ1) is 15.0. The van der Waals surface area contributed by atoms with Crippen LogP contribution in [0.1, 0.15) is 24.2 Å². The van der Waals surface area contributed by atoms with Crippen molar-refractivity contribution in [3.63, 3.8) is 0 Å². The molecule has 0 unspecified atom stereocenters. The molecule has 11 heteroatoms.